The van der Waals surface area contributed by atoms with Gasteiger partial charge in [0, 0.05) is 17.3 Å². The highest BCUT2D eigenvalue weighted by molar-refractivity contribution is 5.53. The van der Waals surface area contributed by atoms with Crippen LogP contribution in [0.5, 0.6) is 0 Å². The molecule has 100 valence electrons. The van der Waals surface area contributed by atoms with Crippen molar-refractivity contribution < 1.29 is 0 Å². The van der Waals surface area contributed by atoms with Crippen molar-refractivity contribution in [3.8, 4) is 17.2 Å². The van der Waals surface area contributed by atoms with Crippen LogP contribution in [0.15, 0.2) is 48.7 Å². The minimum absolute atomic E-state index is 0.554. The molecular formula is C14H14N6. The molecule has 2 N–H and O–H groups in total. The predicted molar refractivity (Wildman–Crippen MR) is 75.1 cm³/mol. The normalized spacial score (nSPS) is 10.7. The number of tetrazole rings is 1. The molecule has 2 aromatic heterocycles. The number of nitrogens with zero attached hydrogens (tertiary/aromatic N) is 5. The van der Waals surface area contributed by atoms with Crippen molar-refractivity contribution >= 4 is 0 Å². The van der Waals surface area contributed by atoms with Crippen molar-refractivity contribution in [3.05, 3.63) is 54.2 Å². The van der Waals surface area contributed by atoms with Crippen molar-refractivity contribution in [3.63, 3.8) is 0 Å². The number of hydrogen-bond donors (Lipinski definition) is 1. The summed E-state index contributed by atoms with van der Waals surface area (Å²) >= 11 is 0. The van der Waals surface area contributed by atoms with Gasteiger partial charge in [0.15, 0.2) is 5.82 Å². The lowest BCUT2D eigenvalue weighted by atomic mass is 10.2. The van der Waals surface area contributed by atoms with Gasteiger partial charge < -0.3 is 5.73 Å². The molecule has 0 aliphatic heterocycles. The van der Waals surface area contributed by atoms with E-state index in [0.717, 1.165) is 17.5 Å². The summed E-state index contributed by atoms with van der Waals surface area (Å²) in [5.74, 6) is 1.25. The van der Waals surface area contributed by atoms with E-state index in [9.17, 15) is 0 Å². The number of pyridine rings is 1. The molecule has 6 nitrogen and oxygen atoms in total. The molecule has 0 aliphatic carbocycles. The number of aromatic nitrogens is 5. The Hall–Kier alpha value is -2.60. The largest absolute Gasteiger partial charge is 0.330 e. The zero-order chi connectivity index (χ0) is 13.8. The van der Waals surface area contributed by atoms with Gasteiger partial charge in [-0.25, -0.2) is 4.98 Å². The van der Waals surface area contributed by atoms with E-state index in [1.807, 2.05) is 42.5 Å². The van der Waals surface area contributed by atoms with Crippen molar-refractivity contribution in [1.82, 2.24) is 25.2 Å². The van der Waals surface area contributed by atoms with Gasteiger partial charge in [0.1, 0.15) is 0 Å². The summed E-state index contributed by atoms with van der Waals surface area (Å²) in [6.45, 7) is 0.554. The van der Waals surface area contributed by atoms with Crippen molar-refractivity contribution in [2.24, 2.45) is 5.73 Å². The summed E-state index contributed by atoms with van der Waals surface area (Å²) in [5, 5.41) is 12.5. The molecule has 0 saturated heterocycles. The van der Waals surface area contributed by atoms with Gasteiger partial charge in [-0.3, -0.25) is 0 Å². The predicted octanol–water partition coefficient (Wildman–Crippen LogP) is 1.23. The van der Waals surface area contributed by atoms with Crippen LogP contribution in [-0.2, 0) is 6.42 Å². The van der Waals surface area contributed by atoms with Crippen LogP contribution in [0.2, 0.25) is 0 Å². The second-order valence-electron chi connectivity index (χ2n) is 4.29. The van der Waals surface area contributed by atoms with Crippen LogP contribution >= 0.6 is 0 Å². The van der Waals surface area contributed by atoms with Crippen LogP contribution in [0.3, 0.4) is 0 Å². The second kappa shape index (κ2) is 5.58. The van der Waals surface area contributed by atoms with E-state index in [0.29, 0.717) is 18.2 Å². The van der Waals surface area contributed by atoms with E-state index < -0.39 is 0 Å². The van der Waals surface area contributed by atoms with Gasteiger partial charge in [-0.2, -0.15) is 0 Å². The first-order valence-electron chi connectivity index (χ1n) is 6.38. The summed E-state index contributed by atoms with van der Waals surface area (Å²) in [7, 11) is 0. The number of nitrogens with two attached hydrogens (primary N) is 1. The highest BCUT2D eigenvalue weighted by Crippen LogP contribution is 2.14. The van der Waals surface area contributed by atoms with E-state index in [2.05, 4.69) is 20.4 Å². The van der Waals surface area contributed by atoms with E-state index in [1.54, 1.807) is 6.20 Å². The average molecular weight is 266 g/mol. The molecule has 3 aromatic rings. The average Bonchev–Trinajstić information content (AvgIpc) is 2.99. The number of rotatable bonds is 4. The maximum absolute atomic E-state index is 5.61. The molecule has 0 atom stereocenters. The van der Waals surface area contributed by atoms with Gasteiger partial charge in [-0.05, 0) is 24.2 Å². The van der Waals surface area contributed by atoms with Crippen LogP contribution < -0.4 is 5.73 Å². The Balaban J connectivity index is 1.98. The monoisotopic (exact) mass is 266 g/mol. The third kappa shape index (κ3) is 2.41. The fraction of sp³-hybridized carbons (Fsp3) is 0.143. The van der Waals surface area contributed by atoms with Crippen LogP contribution in [0.4, 0.5) is 0 Å². The molecule has 1 aromatic carbocycles. The Morgan fingerprint density at radius 1 is 1.05 bits per heavy atom. The standard InChI is InChI=1S/C14H14N6/c15-9-8-12-7-4-10-16-14(12)20-18-13(17-19-20)11-5-2-1-3-6-11/h1-7,10H,8-9,15H2. The quantitative estimate of drug-likeness (QED) is 0.768. The summed E-state index contributed by atoms with van der Waals surface area (Å²) in [6.07, 6.45) is 2.44. The molecule has 0 amide bonds. The Kier molecular flexibility index (Phi) is 3.47. The fourth-order valence-corrected chi connectivity index (χ4v) is 1.97. The maximum atomic E-state index is 5.61. The van der Waals surface area contributed by atoms with Gasteiger partial charge in [0.2, 0.25) is 5.82 Å². The number of hydrogen-bond acceptors (Lipinski definition) is 5. The Morgan fingerprint density at radius 3 is 2.70 bits per heavy atom. The van der Waals surface area contributed by atoms with Crippen molar-refractivity contribution in [1.29, 1.82) is 0 Å². The molecule has 20 heavy (non-hydrogen) atoms. The highest BCUT2D eigenvalue weighted by atomic mass is 15.6. The Bertz CT molecular complexity index is 692. The molecule has 3 rings (SSSR count). The molecule has 6 heteroatoms. The third-order valence-corrected chi connectivity index (χ3v) is 2.92. The summed E-state index contributed by atoms with van der Waals surface area (Å²) < 4.78 is 0. The van der Waals surface area contributed by atoms with Crippen molar-refractivity contribution in [2.75, 3.05) is 6.54 Å². The lowest BCUT2D eigenvalue weighted by molar-refractivity contribution is 0.690. The Labute approximate surface area is 116 Å². The first-order chi connectivity index (χ1) is 9.88. The third-order valence-electron chi connectivity index (χ3n) is 2.92. The molecule has 0 bridgehead atoms. The molecular weight excluding hydrogens is 252 g/mol. The van der Waals surface area contributed by atoms with E-state index >= 15 is 0 Å². The summed E-state index contributed by atoms with van der Waals surface area (Å²) in [4.78, 5) is 5.77. The maximum Gasteiger partial charge on any atom is 0.205 e. The van der Waals surface area contributed by atoms with E-state index in [-0.39, 0.29) is 0 Å². The second-order valence-corrected chi connectivity index (χ2v) is 4.29. The molecule has 0 aliphatic rings. The lowest BCUT2D eigenvalue weighted by Crippen LogP contribution is -2.10. The smallest absolute Gasteiger partial charge is 0.205 e. The van der Waals surface area contributed by atoms with Gasteiger partial charge >= 0.3 is 0 Å². The highest BCUT2D eigenvalue weighted by Gasteiger charge is 2.10. The molecule has 0 radical (unpaired) electrons. The van der Waals surface area contributed by atoms with E-state index in [4.69, 9.17) is 5.73 Å². The molecule has 0 spiro atoms. The SMILES string of the molecule is NCCc1cccnc1-n1nnc(-c2ccccc2)n1. The van der Waals surface area contributed by atoms with Gasteiger partial charge in [0.05, 0.1) is 0 Å². The van der Waals surface area contributed by atoms with Crippen LogP contribution in [0.1, 0.15) is 5.56 Å². The van der Waals surface area contributed by atoms with Crippen LogP contribution in [-0.4, -0.2) is 31.7 Å². The van der Waals surface area contributed by atoms with Crippen LogP contribution in [0, 0.1) is 0 Å². The number of benzene rings is 1. The first kappa shape index (κ1) is 12.4. The van der Waals surface area contributed by atoms with E-state index in [1.165, 1.54) is 4.80 Å². The molecule has 2 heterocycles. The van der Waals surface area contributed by atoms with Gasteiger partial charge in [0.25, 0.3) is 0 Å². The lowest BCUT2D eigenvalue weighted by Gasteiger charge is -2.04. The Morgan fingerprint density at radius 2 is 1.90 bits per heavy atom. The van der Waals surface area contributed by atoms with Crippen LogP contribution in [0.25, 0.3) is 17.2 Å². The first-order valence-corrected chi connectivity index (χ1v) is 6.38. The van der Waals surface area contributed by atoms with Crippen molar-refractivity contribution in [2.45, 2.75) is 6.42 Å². The minimum Gasteiger partial charge on any atom is -0.330 e. The van der Waals surface area contributed by atoms with Gasteiger partial charge in [-0.15, -0.1) is 15.0 Å². The zero-order valence-electron chi connectivity index (χ0n) is 10.8. The molecule has 0 fully saturated rings. The molecule has 0 saturated carbocycles. The minimum atomic E-state index is 0.554. The molecule has 0 unspecified atom stereocenters. The van der Waals surface area contributed by atoms with Gasteiger partial charge in [-0.1, -0.05) is 36.4 Å². The fourth-order valence-electron chi connectivity index (χ4n) is 1.97. The summed E-state index contributed by atoms with van der Waals surface area (Å²) in [5.41, 5.74) is 7.54. The zero-order valence-corrected chi connectivity index (χ0v) is 10.8. The topological polar surface area (TPSA) is 82.5 Å². The summed E-state index contributed by atoms with van der Waals surface area (Å²) in [6, 6.07) is 13.6.